The molecule has 6 rings (SSSR count). The molecule has 4 heterocycles. The molecule has 2 saturated heterocycles. The highest BCUT2D eigenvalue weighted by Gasteiger charge is 2.44. The first-order valence-corrected chi connectivity index (χ1v) is 15.9. The summed E-state index contributed by atoms with van der Waals surface area (Å²) in [6, 6.07) is 23.6. The number of amides is 1. The number of hydrogen-bond acceptors (Lipinski definition) is 9. The van der Waals surface area contributed by atoms with Crippen molar-refractivity contribution < 1.29 is 36.6 Å². The maximum atomic E-state index is 13.4. The van der Waals surface area contributed by atoms with E-state index in [1.807, 2.05) is 36.4 Å². The van der Waals surface area contributed by atoms with Crippen molar-refractivity contribution in [3.8, 4) is 17.8 Å². The molecule has 2 atom stereocenters. The summed E-state index contributed by atoms with van der Waals surface area (Å²) in [6.07, 6.45) is -3.10. The molecule has 0 saturated carbocycles. The number of carbonyl (C=O) groups is 1. The van der Waals surface area contributed by atoms with Crippen molar-refractivity contribution in [1.29, 1.82) is 0 Å². The number of furan rings is 1. The molecule has 2 aliphatic rings. The lowest BCUT2D eigenvalue weighted by molar-refractivity contribution is -0.154. The fourth-order valence-electron chi connectivity index (χ4n) is 6.75. The molecule has 13 heteroatoms. The van der Waals surface area contributed by atoms with Gasteiger partial charge in [0, 0.05) is 57.3 Å². The van der Waals surface area contributed by atoms with Crippen LogP contribution in [0, 0.1) is 0 Å². The Morgan fingerprint density at radius 3 is 2.21 bits per heavy atom. The van der Waals surface area contributed by atoms with Crippen LogP contribution in [0.2, 0.25) is 0 Å². The molecule has 48 heavy (non-hydrogen) atoms. The molecule has 0 radical (unpaired) electrons. The van der Waals surface area contributed by atoms with E-state index in [4.69, 9.17) is 18.6 Å². The molecule has 0 bridgehead atoms. The van der Waals surface area contributed by atoms with Gasteiger partial charge < -0.3 is 23.5 Å². The molecule has 2 aliphatic heterocycles. The molecular weight excluding hydrogens is 627 g/mol. The van der Waals surface area contributed by atoms with E-state index in [-0.39, 0.29) is 66.2 Å². The summed E-state index contributed by atoms with van der Waals surface area (Å²) in [5, 5.41) is 0. The van der Waals surface area contributed by atoms with Gasteiger partial charge in [-0.25, -0.2) is 0 Å². The van der Waals surface area contributed by atoms with Crippen LogP contribution in [-0.2, 0) is 6.54 Å². The molecule has 0 spiro atoms. The van der Waals surface area contributed by atoms with Gasteiger partial charge in [0.05, 0.1) is 25.5 Å². The van der Waals surface area contributed by atoms with Gasteiger partial charge >= 0.3 is 12.2 Å². The number of alkyl halides is 3. The number of fused-ring (bicyclic) bond motifs is 1. The van der Waals surface area contributed by atoms with Gasteiger partial charge in [-0.3, -0.25) is 14.6 Å². The predicted octanol–water partition coefficient (Wildman–Crippen LogP) is 5.26. The van der Waals surface area contributed by atoms with Gasteiger partial charge in [0.15, 0.2) is 12.4 Å². The normalized spacial score (nSPS) is 18.8. The first kappa shape index (κ1) is 33.3. The van der Waals surface area contributed by atoms with Crippen LogP contribution in [0.15, 0.2) is 83.5 Å². The number of carbonyl (C=O) groups excluding carboxylic acids is 1. The summed E-state index contributed by atoms with van der Waals surface area (Å²) < 4.78 is 61.6. The number of rotatable bonds is 11. The number of methoxy groups -OCH3 is 1. The number of benzene rings is 2. The minimum Gasteiger partial charge on any atom is -0.481 e. The van der Waals surface area contributed by atoms with Gasteiger partial charge in [-0.05, 0) is 30.2 Å². The number of nitrogens with zero attached hydrogens (tertiary/aromatic N) is 5. The van der Waals surface area contributed by atoms with E-state index in [2.05, 4.69) is 44.0 Å². The predicted molar refractivity (Wildman–Crippen MR) is 170 cm³/mol. The average Bonchev–Trinajstić information content (AvgIpc) is 3.64. The SMILES string of the molecule is CCOc1nc(OC)c(CN2CC3CN(C(=O)c4ccco4)CCN3C(C(c3ccccc3)c3ccccc3)C2)c(OCC(F)(F)F)n1. The van der Waals surface area contributed by atoms with Gasteiger partial charge in [-0.1, -0.05) is 60.7 Å². The Bertz CT molecular complexity index is 1600. The molecule has 4 aromatic rings. The standard InChI is InChI=1S/C35H38F3N5O5/c1-3-46-34-39-31(45-2)27(32(40-34)48-23-35(36,37)38)21-41-19-26-20-42(33(44)29-15-10-18-47-29)16-17-43(26)28(22-41)30(24-11-6-4-7-12-24)25-13-8-5-9-14-25/h4-15,18,26,28,30H,3,16-17,19-23H2,1-2H3. The van der Waals surface area contributed by atoms with Gasteiger partial charge in [-0.2, -0.15) is 23.1 Å². The number of piperazine rings is 2. The summed E-state index contributed by atoms with van der Waals surface area (Å²) in [6.45, 7) is 3.23. The molecule has 0 N–H and O–H groups in total. The lowest BCUT2D eigenvalue weighted by Gasteiger charge is -2.53. The van der Waals surface area contributed by atoms with E-state index in [0.29, 0.717) is 32.7 Å². The fourth-order valence-corrected chi connectivity index (χ4v) is 6.75. The second kappa shape index (κ2) is 14.7. The lowest BCUT2D eigenvalue weighted by atomic mass is 9.81. The molecule has 1 amide bonds. The number of hydrogen-bond donors (Lipinski definition) is 0. The number of ether oxygens (including phenoxy) is 3. The zero-order valence-electron chi connectivity index (χ0n) is 26.8. The average molecular weight is 666 g/mol. The molecule has 0 aliphatic carbocycles. The Balaban J connectivity index is 1.38. The van der Waals surface area contributed by atoms with E-state index < -0.39 is 12.8 Å². The smallest absolute Gasteiger partial charge is 0.422 e. The second-order valence-electron chi connectivity index (χ2n) is 11.8. The highest BCUT2D eigenvalue weighted by atomic mass is 19.4. The minimum atomic E-state index is -4.58. The van der Waals surface area contributed by atoms with Crippen molar-refractivity contribution in [3.63, 3.8) is 0 Å². The highest BCUT2D eigenvalue weighted by Crippen LogP contribution is 2.38. The molecule has 2 fully saturated rings. The van der Waals surface area contributed by atoms with Gasteiger partial charge in [0.1, 0.15) is 0 Å². The Morgan fingerprint density at radius 2 is 1.60 bits per heavy atom. The minimum absolute atomic E-state index is 0.0375. The largest absolute Gasteiger partial charge is 0.481 e. The van der Waals surface area contributed by atoms with Crippen molar-refractivity contribution in [2.45, 2.75) is 37.6 Å². The van der Waals surface area contributed by atoms with Gasteiger partial charge in [0.2, 0.25) is 11.8 Å². The van der Waals surface area contributed by atoms with Crippen LogP contribution in [0.25, 0.3) is 0 Å². The number of halogens is 3. The van der Waals surface area contributed by atoms with Crippen LogP contribution in [0.4, 0.5) is 13.2 Å². The summed E-state index contributed by atoms with van der Waals surface area (Å²) >= 11 is 0. The zero-order valence-corrected chi connectivity index (χ0v) is 26.8. The van der Waals surface area contributed by atoms with E-state index in [0.717, 1.165) is 11.1 Å². The van der Waals surface area contributed by atoms with Crippen LogP contribution in [-0.4, -0.2) is 102 Å². The van der Waals surface area contributed by atoms with E-state index >= 15 is 0 Å². The van der Waals surface area contributed by atoms with Crippen LogP contribution in [0.5, 0.6) is 17.8 Å². The number of aromatic nitrogens is 2. The molecule has 2 aromatic heterocycles. The van der Waals surface area contributed by atoms with Crippen molar-refractivity contribution in [1.82, 2.24) is 24.7 Å². The maximum Gasteiger partial charge on any atom is 0.422 e. The molecular formula is C35H38F3N5O5. The third-order valence-corrected chi connectivity index (χ3v) is 8.72. The van der Waals surface area contributed by atoms with E-state index in [1.165, 1.54) is 13.4 Å². The van der Waals surface area contributed by atoms with E-state index in [1.54, 1.807) is 24.0 Å². The van der Waals surface area contributed by atoms with Crippen molar-refractivity contribution in [2.24, 2.45) is 0 Å². The van der Waals surface area contributed by atoms with Crippen LogP contribution in [0.1, 0.15) is 40.1 Å². The molecule has 2 aromatic carbocycles. The highest BCUT2D eigenvalue weighted by molar-refractivity contribution is 5.91. The quantitative estimate of drug-likeness (QED) is 0.213. The fraction of sp³-hybridized carbons (Fsp3) is 0.400. The summed E-state index contributed by atoms with van der Waals surface area (Å²) in [7, 11) is 1.40. The van der Waals surface area contributed by atoms with Gasteiger partial charge in [0.25, 0.3) is 5.91 Å². The zero-order chi connectivity index (χ0) is 33.7. The lowest BCUT2D eigenvalue weighted by Crippen LogP contribution is -2.67. The van der Waals surface area contributed by atoms with Crippen LogP contribution < -0.4 is 14.2 Å². The third kappa shape index (κ3) is 7.57. The summed E-state index contributed by atoms with van der Waals surface area (Å²) in [4.78, 5) is 28.3. The molecule has 254 valence electrons. The first-order valence-electron chi connectivity index (χ1n) is 15.9. The monoisotopic (exact) mass is 665 g/mol. The van der Waals surface area contributed by atoms with Gasteiger partial charge in [-0.15, -0.1) is 0 Å². The van der Waals surface area contributed by atoms with Crippen molar-refractivity contribution >= 4 is 5.91 Å². The molecule has 2 unspecified atom stereocenters. The Labute approximate surface area is 277 Å². The van der Waals surface area contributed by atoms with Crippen molar-refractivity contribution in [2.75, 3.05) is 53.0 Å². The van der Waals surface area contributed by atoms with E-state index in [9.17, 15) is 18.0 Å². The van der Waals surface area contributed by atoms with Crippen molar-refractivity contribution in [3.05, 3.63) is 102 Å². The Kier molecular flexibility index (Phi) is 10.2. The Hall–Kier alpha value is -4.62. The first-order chi connectivity index (χ1) is 23.2. The summed E-state index contributed by atoms with van der Waals surface area (Å²) in [5.74, 6) is -0.111. The Morgan fingerprint density at radius 1 is 0.917 bits per heavy atom. The van der Waals surface area contributed by atoms with Crippen LogP contribution in [0.3, 0.4) is 0 Å². The summed E-state index contributed by atoms with van der Waals surface area (Å²) in [5.41, 5.74) is 2.56. The second-order valence-corrected chi connectivity index (χ2v) is 11.8. The topological polar surface area (TPSA) is 93.4 Å². The molecule has 10 nitrogen and oxygen atoms in total. The maximum absolute atomic E-state index is 13.4. The third-order valence-electron chi connectivity index (χ3n) is 8.72. The van der Waals surface area contributed by atoms with Crippen LogP contribution >= 0.6 is 0 Å².